The number of carbonyl (C=O) groups is 1. The highest BCUT2D eigenvalue weighted by molar-refractivity contribution is 7.98. The number of aromatic amines is 1. The first-order valence-corrected chi connectivity index (χ1v) is 14.8. The lowest BCUT2D eigenvalue weighted by atomic mass is 9.84. The summed E-state index contributed by atoms with van der Waals surface area (Å²) in [4.78, 5) is 31.9. The lowest BCUT2D eigenvalue weighted by Gasteiger charge is -2.40. The molecule has 2 N–H and O–H groups in total. The Morgan fingerprint density at radius 1 is 1.19 bits per heavy atom. The van der Waals surface area contributed by atoms with Crippen LogP contribution in [0, 0.1) is 25.7 Å². The van der Waals surface area contributed by atoms with Gasteiger partial charge in [0.1, 0.15) is 12.7 Å². The number of aromatic nitrogens is 1. The maximum Gasteiger partial charge on any atom is 0.254 e. The minimum atomic E-state index is -0.302. The number of hydrogen-bond donors (Lipinski definition) is 2. The highest BCUT2D eigenvalue weighted by atomic mass is 35.5. The van der Waals surface area contributed by atoms with Gasteiger partial charge in [-0.05, 0) is 76.9 Å². The Kier molecular flexibility index (Phi) is 8.07. The SMILES string of the molecule is CSc1cc(C)[nH]c(=O)c1CNC(=O)c1cc(Cl)c2c(c1C)O[C@@H](C1CCN(CC3CCC3)CC1)CO2. The van der Waals surface area contributed by atoms with Crippen molar-refractivity contribution in [1.29, 1.82) is 0 Å². The second-order valence-corrected chi connectivity index (χ2v) is 11.9. The summed E-state index contributed by atoms with van der Waals surface area (Å²) in [5.74, 6) is 2.07. The number of hydrogen-bond acceptors (Lipinski definition) is 6. The predicted octanol–water partition coefficient (Wildman–Crippen LogP) is 4.95. The van der Waals surface area contributed by atoms with E-state index >= 15 is 0 Å². The molecule has 1 saturated carbocycles. The first-order chi connectivity index (χ1) is 17.8. The lowest BCUT2D eigenvalue weighted by Crippen LogP contribution is -2.45. The van der Waals surface area contributed by atoms with E-state index in [1.54, 1.807) is 6.07 Å². The number of pyridine rings is 1. The van der Waals surface area contributed by atoms with Crippen molar-refractivity contribution in [3.63, 3.8) is 0 Å². The molecule has 9 heteroatoms. The Hall–Kier alpha value is -2.16. The number of nitrogens with zero attached hydrogens (tertiary/aromatic N) is 1. The molecule has 7 nitrogen and oxygen atoms in total. The highest BCUT2D eigenvalue weighted by Crippen LogP contribution is 2.44. The van der Waals surface area contributed by atoms with Gasteiger partial charge in [-0.15, -0.1) is 11.8 Å². The molecule has 1 aromatic heterocycles. The highest BCUT2D eigenvalue weighted by Gasteiger charge is 2.35. The number of fused-ring (bicyclic) bond motifs is 1. The standard InChI is InChI=1S/C28H36ClN3O4S/c1-16-11-24(37-3)21(28(34)31-16)13-30-27(33)20-12-22(29)26-25(17(20)2)36-23(15-35-26)19-7-9-32(10-8-19)14-18-5-4-6-18/h11-12,18-19,23H,4-10,13-15H2,1-3H3,(H,30,33)(H,31,34)/t23-/m1/s1. The van der Waals surface area contributed by atoms with Gasteiger partial charge in [-0.2, -0.15) is 0 Å². The Labute approximate surface area is 227 Å². The van der Waals surface area contributed by atoms with Crippen molar-refractivity contribution in [1.82, 2.24) is 15.2 Å². The number of piperidine rings is 1. The number of rotatable bonds is 7. The van der Waals surface area contributed by atoms with E-state index in [9.17, 15) is 9.59 Å². The van der Waals surface area contributed by atoms with Crippen molar-refractivity contribution in [2.24, 2.45) is 11.8 Å². The number of likely N-dealkylation sites (tertiary alicyclic amines) is 1. The number of benzene rings is 1. The lowest BCUT2D eigenvalue weighted by molar-refractivity contribution is 0.0157. The van der Waals surface area contributed by atoms with Gasteiger partial charge in [0.25, 0.3) is 11.5 Å². The van der Waals surface area contributed by atoms with E-state index in [2.05, 4.69) is 15.2 Å². The number of carbonyl (C=O) groups excluding carboxylic acids is 1. The molecular formula is C28H36ClN3O4S. The quantitative estimate of drug-likeness (QED) is 0.479. The van der Waals surface area contributed by atoms with Crippen LogP contribution in [0.2, 0.25) is 5.02 Å². The van der Waals surface area contributed by atoms with Crippen molar-refractivity contribution in [2.45, 2.75) is 63.5 Å². The summed E-state index contributed by atoms with van der Waals surface area (Å²) in [6.45, 7) is 7.74. The third-order valence-electron chi connectivity index (χ3n) is 8.12. The van der Waals surface area contributed by atoms with Crippen molar-refractivity contribution in [3.8, 4) is 11.5 Å². The zero-order valence-corrected chi connectivity index (χ0v) is 23.4. The first-order valence-electron chi connectivity index (χ1n) is 13.2. The number of H-pyrrole nitrogens is 1. The molecule has 0 spiro atoms. The summed E-state index contributed by atoms with van der Waals surface area (Å²) < 4.78 is 12.6. The van der Waals surface area contributed by atoms with Gasteiger partial charge in [0.15, 0.2) is 11.5 Å². The fourth-order valence-electron chi connectivity index (χ4n) is 5.64. The summed E-state index contributed by atoms with van der Waals surface area (Å²) in [5, 5.41) is 3.26. The van der Waals surface area contributed by atoms with Gasteiger partial charge < -0.3 is 24.7 Å². The van der Waals surface area contributed by atoms with Crippen molar-refractivity contribution in [2.75, 3.05) is 32.5 Å². The van der Waals surface area contributed by atoms with Crippen LogP contribution in [0.3, 0.4) is 0 Å². The Balaban J connectivity index is 1.27. The van der Waals surface area contributed by atoms with E-state index in [4.69, 9.17) is 21.1 Å². The van der Waals surface area contributed by atoms with Gasteiger partial charge in [0.05, 0.1) is 5.02 Å². The van der Waals surface area contributed by atoms with Crippen molar-refractivity contribution >= 4 is 29.3 Å². The van der Waals surface area contributed by atoms with Crippen molar-refractivity contribution in [3.05, 3.63) is 49.9 Å². The van der Waals surface area contributed by atoms with Gasteiger partial charge >= 0.3 is 0 Å². The molecule has 0 bridgehead atoms. The smallest absolute Gasteiger partial charge is 0.254 e. The summed E-state index contributed by atoms with van der Waals surface area (Å²) in [5.41, 5.74) is 2.27. The van der Waals surface area contributed by atoms with E-state index in [-0.39, 0.29) is 24.1 Å². The molecule has 37 heavy (non-hydrogen) atoms. The van der Waals surface area contributed by atoms with Crippen LogP contribution in [-0.4, -0.2) is 54.4 Å². The first kappa shape index (κ1) is 26.4. The van der Waals surface area contributed by atoms with Gasteiger partial charge in [0, 0.05) is 46.3 Å². The normalized spacial score (nSPS) is 20.5. The zero-order chi connectivity index (χ0) is 26.1. The number of halogens is 1. The third kappa shape index (κ3) is 5.66. The molecule has 2 fully saturated rings. The molecule has 0 radical (unpaired) electrons. The Morgan fingerprint density at radius 3 is 2.62 bits per heavy atom. The molecule has 2 aliphatic heterocycles. The maximum absolute atomic E-state index is 13.2. The summed E-state index contributed by atoms with van der Waals surface area (Å²) >= 11 is 8.03. The van der Waals surface area contributed by atoms with Crippen LogP contribution in [0.1, 0.15) is 59.3 Å². The average molecular weight is 546 g/mol. The molecule has 1 aromatic carbocycles. The third-order valence-corrected chi connectivity index (χ3v) is 9.20. The van der Waals surface area contributed by atoms with Crippen LogP contribution in [0.15, 0.2) is 21.8 Å². The largest absolute Gasteiger partial charge is 0.484 e. The van der Waals surface area contributed by atoms with E-state index in [0.29, 0.717) is 45.7 Å². The minimum Gasteiger partial charge on any atom is -0.484 e. The van der Waals surface area contributed by atoms with Crippen LogP contribution in [0.4, 0.5) is 0 Å². The molecule has 3 aliphatic rings. The Morgan fingerprint density at radius 2 is 1.95 bits per heavy atom. The number of thioether (sulfide) groups is 1. The van der Waals surface area contributed by atoms with Crippen LogP contribution in [-0.2, 0) is 6.54 Å². The molecule has 5 rings (SSSR count). The van der Waals surface area contributed by atoms with Gasteiger partial charge in [-0.1, -0.05) is 18.0 Å². The summed E-state index contributed by atoms with van der Waals surface area (Å²) in [6.07, 6.45) is 8.19. The second-order valence-electron chi connectivity index (χ2n) is 10.6. The van der Waals surface area contributed by atoms with E-state index < -0.39 is 0 Å². The van der Waals surface area contributed by atoms with Crippen LogP contribution in [0.25, 0.3) is 0 Å². The van der Waals surface area contributed by atoms with E-state index in [1.807, 2.05) is 26.2 Å². The molecule has 2 aromatic rings. The molecule has 200 valence electrons. The van der Waals surface area contributed by atoms with Gasteiger partial charge in [-0.25, -0.2) is 0 Å². The fourth-order valence-corrected chi connectivity index (χ4v) is 6.60. The maximum atomic E-state index is 13.2. The van der Waals surface area contributed by atoms with Crippen molar-refractivity contribution < 1.29 is 14.3 Å². The minimum absolute atomic E-state index is 0.0540. The molecule has 0 unspecified atom stereocenters. The summed E-state index contributed by atoms with van der Waals surface area (Å²) in [7, 11) is 0. The molecule has 3 heterocycles. The van der Waals surface area contributed by atoms with E-state index in [1.165, 1.54) is 37.6 Å². The molecule has 1 amide bonds. The topological polar surface area (TPSA) is 83.7 Å². The van der Waals surface area contributed by atoms with Crippen LogP contribution < -0.4 is 20.3 Å². The van der Waals surface area contributed by atoms with Gasteiger partial charge in [-0.3, -0.25) is 9.59 Å². The molecule has 1 atom stereocenters. The molecular weight excluding hydrogens is 510 g/mol. The van der Waals surface area contributed by atoms with Crippen LogP contribution >= 0.6 is 23.4 Å². The average Bonchev–Trinajstić information content (AvgIpc) is 2.87. The fraction of sp³-hybridized carbons (Fsp3) is 0.571. The Bertz CT molecular complexity index is 1220. The van der Waals surface area contributed by atoms with E-state index in [0.717, 1.165) is 42.4 Å². The predicted molar refractivity (Wildman–Crippen MR) is 147 cm³/mol. The molecule has 1 saturated heterocycles. The van der Waals surface area contributed by atoms with Crippen LogP contribution in [0.5, 0.6) is 11.5 Å². The monoisotopic (exact) mass is 545 g/mol. The number of ether oxygens (including phenoxy) is 2. The summed E-state index contributed by atoms with van der Waals surface area (Å²) in [6, 6.07) is 3.54. The second kappa shape index (κ2) is 11.3. The zero-order valence-electron chi connectivity index (χ0n) is 21.8. The van der Waals surface area contributed by atoms with Gasteiger partial charge in [0.2, 0.25) is 0 Å². The number of aryl methyl sites for hydroxylation is 1. The molecule has 1 aliphatic carbocycles. The number of amides is 1. The number of nitrogens with one attached hydrogen (secondary N) is 2.